The van der Waals surface area contributed by atoms with Crippen molar-refractivity contribution in [3.05, 3.63) is 48.0 Å². The third-order valence-corrected chi connectivity index (χ3v) is 10.4. The van der Waals surface area contributed by atoms with E-state index < -0.39 is 0 Å². The van der Waals surface area contributed by atoms with Crippen LogP contribution in [-0.2, 0) is 4.79 Å². The summed E-state index contributed by atoms with van der Waals surface area (Å²) in [7, 11) is 1.72. The number of carbonyl (C=O) groups is 2. The highest BCUT2D eigenvalue weighted by atomic mass is 16.5. The molecule has 2 aliphatic heterocycles. The van der Waals surface area contributed by atoms with Crippen molar-refractivity contribution >= 4 is 28.9 Å². The maximum Gasteiger partial charge on any atom is 0.256 e. The van der Waals surface area contributed by atoms with Crippen molar-refractivity contribution in [3.8, 4) is 5.75 Å². The Balaban J connectivity index is 1.12. The van der Waals surface area contributed by atoms with Crippen LogP contribution in [-0.4, -0.2) is 63.1 Å². The quantitative estimate of drug-likeness (QED) is 0.529. The summed E-state index contributed by atoms with van der Waals surface area (Å²) in [5, 5.41) is 3.31. The number of hydrogen-bond donors (Lipinski definition) is 1. The minimum absolute atomic E-state index is 0.0885. The fraction of sp³-hybridized carbons (Fsp3) is 0.576. The average molecular weight is 543 g/mol. The number of likely N-dealkylation sites (tertiary alicyclic amines) is 1. The number of benzene rings is 2. The van der Waals surface area contributed by atoms with Gasteiger partial charge in [0.1, 0.15) is 5.75 Å². The van der Waals surface area contributed by atoms with Crippen molar-refractivity contribution in [2.45, 2.75) is 51.4 Å². The normalized spacial score (nSPS) is 29.1. The lowest BCUT2D eigenvalue weighted by atomic mass is 9.49. The number of carbonyl (C=O) groups excluding carboxylic acids is 2. The second-order valence-electron chi connectivity index (χ2n) is 13.0. The molecule has 0 atom stereocenters. The summed E-state index contributed by atoms with van der Waals surface area (Å²) in [4.78, 5) is 34.3. The van der Waals surface area contributed by atoms with Gasteiger partial charge < -0.3 is 24.8 Å². The molecule has 4 aliphatic carbocycles. The third kappa shape index (κ3) is 4.61. The highest BCUT2D eigenvalue weighted by Crippen LogP contribution is 2.60. The van der Waals surface area contributed by atoms with Crippen LogP contribution in [0.2, 0.25) is 0 Å². The zero-order valence-electron chi connectivity index (χ0n) is 23.7. The van der Waals surface area contributed by atoms with E-state index in [1.807, 2.05) is 35.2 Å². The number of ether oxygens (including phenoxy) is 1. The van der Waals surface area contributed by atoms with Gasteiger partial charge in [0.15, 0.2) is 0 Å². The molecule has 6 aliphatic rings. The summed E-state index contributed by atoms with van der Waals surface area (Å²) < 4.78 is 5.60. The smallest absolute Gasteiger partial charge is 0.256 e. The minimum atomic E-state index is -0.207. The van der Waals surface area contributed by atoms with Gasteiger partial charge >= 0.3 is 0 Å². The first-order valence-corrected chi connectivity index (χ1v) is 15.4. The molecule has 2 saturated heterocycles. The van der Waals surface area contributed by atoms with Crippen LogP contribution >= 0.6 is 0 Å². The van der Waals surface area contributed by atoms with Crippen LogP contribution < -0.4 is 19.9 Å². The Kier molecular flexibility index (Phi) is 6.63. The molecule has 7 heteroatoms. The zero-order chi connectivity index (χ0) is 27.3. The molecular weight excluding hydrogens is 500 g/mol. The maximum absolute atomic E-state index is 13.8. The number of rotatable bonds is 6. The van der Waals surface area contributed by atoms with Crippen LogP contribution in [0.15, 0.2) is 42.5 Å². The molecule has 1 N–H and O–H groups in total. The lowest BCUT2D eigenvalue weighted by molar-refractivity contribution is -0.140. The van der Waals surface area contributed by atoms with Crippen LogP contribution in [0.1, 0.15) is 61.7 Å². The lowest BCUT2D eigenvalue weighted by Gasteiger charge is -2.55. The second kappa shape index (κ2) is 10.3. The Morgan fingerprint density at radius 2 is 1.40 bits per heavy atom. The van der Waals surface area contributed by atoms with Crippen molar-refractivity contribution in [1.29, 1.82) is 0 Å². The number of nitrogens with zero attached hydrogens (tertiary/aromatic N) is 3. The van der Waals surface area contributed by atoms with Crippen LogP contribution in [0.25, 0.3) is 0 Å². The average Bonchev–Trinajstić information content (AvgIpc) is 3.51. The Morgan fingerprint density at radius 3 is 2.02 bits per heavy atom. The molecule has 2 aromatic rings. The fourth-order valence-corrected chi connectivity index (χ4v) is 8.88. The van der Waals surface area contributed by atoms with E-state index >= 15 is 0 Å². The number of methoxy groups -OCH3 is 1. The van der Waals surface area contributed by atoms with Gasteiger partial charge in [0.05, 0.1) is 23.8 Å². The van der Waals surface area contributed by atoms with Gasteiger partial charge in [-0.3, -0.25) is 9.59 Å². The summed E-state index contributed by atoms with van der Waals surface area (Å²) in [6.07, 6.45) is 9.19. The molecule has 0 unspecified atom stereocenters. The van der Waals surface area contributed by atoms with E-state index in [4.69, 9.17) is 4.74 Å². The van der Waals surface area contributed by atoms with E-state index in [1.54, 1.807) is 7.11 Å². The first-order valence-electron chi connectivity index (χ1n) is 15.4. The number of nitrogens with one attached hydrogen (secondary N) is 1. The molecule has 212 valence electrons. The molecule has 2 amide bonds. The van der Waals surface area contributed by atoms with E-state index in [2.05, 4.69) is 27.2 Å². The molecule has 0 aromatic heterocycles. The molecule has 2 aromatic carbocycles. The molecule has 6 fully saturated rings. The molecule has 40 heavy (non-hydrogen) atoms. The highest BCUT2D eigenvalue weighted by molar-refractivity contribution is 6.03. The Bertz CT molecular complexity index is 1240. The number of piperazine rings is 1. The predicted octanol–water partition coefficient (Wildman–Crippen LogP) is 5.41. The van der Waals surface area contributed by atoms with E-state index in [-0.39, 0.29) is 17.2 Å². The van der Waals surface area contributed by atoms with Crippen molar-refractivity contribution in [1.82, 2.24) is 4.90 Å². The molecular formula is C33H42N4O3. The van der Waals surface area contributed by atoms with Crippen LogP contribution in [0.3, 0.4) is 0 Å². The molecule has 4 bridgehead atoms. The molecule has 2 heterocycles. The molecule has 0 radical (unpaired) electrons. The van der Waals surface area contributed by atoms with Gasteiger partial charge in [-0.25, -0.2) is 0 Å². The van der Waals surface area contributed by atoms with Crippen LogP contribution in [0.4, 0.5) is 17.1 Å². The number of amides is 2. The Hall–Kier alpha value is -3.22. The standard InChI is InChI=1S/C33H42N4O3/c1-40-30-7-3-2-6-29(30)36-14-12-35(13-15-36)28-9-8-26(19-27(28)31(38)37-10-4-5-11-37)34-32(39)33-20-23-16-24(21-33)18-25(17-23)22-33/h2-3,6-9,19,23-25H,4-5,10-18,20-22H2,1H3,(H,34,39). The van der Waals surface area contributed by atoms with Crippen LogP contribution in [0.5, 0.6) is 5.75 Å². The first-order chi connectivity index (χ1) is 19.5. The summed E-state index contributed by atoms with van der Waals surface area (Å²) in [6, 6.07) is 14.2. The topological polar surface area (TPSA) is 65.1 Å². The summed E-state index contributed by atoms with van der Waals surface area (Å²) in [5.74, 6) is 3.33. The lowest BCUT2D eigenvalue weighted by Crippen LogP contribution is -2.51. The molecule has 0 spiro atoms. The van der Waals surface area contributed by atoms with Gasteiger partial charge in [-0.2, -0.15) is 0 Å². The van der Waals surface area contributed by atoms with E-state index in [0.29, 0.717) is 0 Å². The van der Waals surface area contributed by atoms with Crippen molar-refractivity contribution in [3.63, 3.8) is 0 Å². The molecule has 8 rings (SSSR count). The fourth-order valence-electron chi connectivity index (χ4n) is 8.88. The van der Waals surface area contributed by atoms with Crippen molar-refractivity contribution in [2.24, 2.45) is 23.2 Å². The minimum Gasteiger partial charge on any atom is -0.495 e. The number of hydrogen-bond acceptors (Lipinski definition) is 5. The van der Waals surface area contributed by atoms with Crippen molar-refractivity contribution < 1.29 is 14.3 Å². The number of para-hydroxylation sites is 2. The van der Waals surface area contributed by atoms with E-state index in [1.165, 1.54) is 19.3 Å². The van der Waals surface area contributed by atoms with Gasteiger partial charge in [-0.1, -0.05) is 12.1 Å². The van der Waals surface area contributed by atoms with Gasteiger partial charge in [0, 0.05) is 50.6 Å². The SMILES string of the molecule is COc1ccccc1N1CCN(c2ccc(NC(=O)C34CC5CC(CC(C5)C3)C4)cc2C(=O)N2CCCC2)CC1. The monoisotopic (exact) mass is 542 g/mol. The molecule has 7 nitrogen and oxygen atoms in total. The Labute approximate surface area is 237 Å². The molecule has 4 saturated carbocycles. The zero-order valence-corrected chi connectivity index (χ0v) is 23.7. The maximum atomic E-state index is 13.8. The van der Waals surface area contributed by atoms with Gasteiger partial charge in [0.2, 0.25) is 5.91 Å². The summed E-state index contributed by atoms with van der Waals surface area (Å²) >= 11 is 0. The first kappa shape index (κ1) is 25.7. The second-order valence-corrected chi connectivity index (χ2v) is 13.0. The summed E-state index contributed by atoms with van der Waals surface area (Å²) in [6.45, 7) is 4.95. The summed E-state index contributed by atoms with van der Waals surface area (Å²) in [5.41, 5.74) is 3.36. The van der Waals surface area contributed by atoms with Crippen LogP contribution in [0, 0.1) is 23.2 Å². The third-order valence-electron chi connectivity index (χ3n) is 10.4. The van der Waals surface area contributed by atoms with Gasteiger partial charge in [0.25, 0.3) is 5.91 Å². The van der Waals surface area contributed by atoms with Gasteiger partial charge in [-0.15, -0.1) is 0 Å². The predicted molar refractivity (Wildman–Crippen MR) is 158 cm³/mol. The Morgan fingerprint density at radius 1 is 0.800 bits per heavy atom. The largest absolute Gasteiger partial charge is 0.495 e. The van der Waals surface area contributed by atoms with E-state index in [9.17, 15) is 9.59 Å². The van der Waals surface area contributed by atoms with Gasteiger partial charge in [-0.05, 0) is 99.5 Å². The van der Waals surface area contributed by atoms with E-state index in [0.717, 1.165) is 118 Å². The highest BCUT2D eigenvalue weighted by Gasteiger charge is 2.54. The van der Waals surface area contributed by atoms with Crippen molar-refractivity contribution in [2.75, 3.05) is 61.5 Å². The number of anilines is 3.